The molecular weight excluding hydrogens is 364 g/mol. The summed E-state index contributed by atoms with van der Waals surface area (Å²) >= 11 is 0. The Balaban J connectivity index is 1.26. The molecule has 0 bridgehead atoms. The summed E-state index contributed by atoms with van der Waals surface area (Å²) < 4.78 is 25.6. The van der Waals surface area contributed by atoms with Crippen LogP contribution in [0.3, 0.4) is 0 Å². The molecule has 27 heavy (non-hydrogen) atoms. The molecule has 1 atom stereocenters. The van der Waals surface area contributed by atoms with E-state index in [4.69, 9.17) is 0 Å². The number of piperidine rings is 1. The van der Waals surface area contributed by atoms with Crippen molar-refractivity contribution in [3.8, 4) is 0 Å². The molecule has 4 rings (SSSR count). The Kier molecular flexibility index (Phi) is 4.80. The zero-order chi connectivity index (χ0) is 19.1. The first-order valence-corrected chi connectivity index (χ1v) is 11.3. The number of rotatable bonds is 5. The van der Waals surface area contributed by atoms with Gasteiger partial charge in [-0.05, 0) is 30.9 Å². The minimum atomic E-state index is -3.10. The van der Waals surface area contributed by atoms with E-state index in [-0.39, 0.29) is 23.1 Å². The van der Waals surface area contributed by atoms with Crippen molar-refractivity contribution in [2.24, 2.45) is 15.4 Å². The fraction of sp³-hybridized carbons (Fsp3) is 0.632. The second-order valence-electron chi connectivity index (χ2n) is 7.62. The lowest BCUT2D eigenvalue weighted by Crippen LogP contribution is -2.41. The number of fused-ring (bicyclic) bond motifs is 1. The average molecular weight is 391 g/mol. The number of aliphatic imine (C=N–C) groups is 2. The van der Waals surface area contributed by atoms with Crippen LogP contribution in [0.25, 0.3) is 0 Å². The van der Waals surface area contributed by atoms with E-state index in [2.05, 4.69) is 27.5 Å². The first-order chi connectivity index (χ1) is 12.9. The Morgan fingerprint density at radius 2 is 2.15 bits per heavy atom. The number of amides is 1. The maximum Gasteiger partial charge on any atom is 0.245 e. The molecule has 4 aliphatic rings. The van der Waals surface area contributed by atoms with Crippen LogP contribution in [-0.2, 0) is 14.8 Å². The van der Waals surface area contributed by atoms with Gasteiger partial charge in [-0.2, -0.15) is 0 Å². The maximum absolute atomic E-state index is 12.5. The highest BCUT2D eigenvalue weighted by molar-refractivity contribution is 7.89. The minimum Gasteiger partial charge on any atom is -0.350 e. The van der Waals surface area contributed by atoms with Crippen LogP contribution in [0, 0.1) is 5.41 Å². The molecule has 1 fully saturated rings. The van der Waals surface area contributed by atoms with Crippen LogP contribution >= 0.6 is 0 Å². The Bertz CT molecular complexity index is 861. The van der Waals surface area contributed by atoms with Crippen molar-refractivity contribution in [1.29, 1.82) is 0 Å². The Labute approximate surface area is 160 Å². The molecule has 146 valence electrons. The van der Waals surface area contributed by atoms with Crippen LogP contribution in [0.15, 0.2) is 33.3 Å². The first kappa shape index (κ1) is 18.6. The molecule has 1 unspecified atom stereocenters. The summed E-state index contributed by atoms with van der Waals surface area (Å²) in [4.78, 5) is 21.3. The summed E-state index contributed by atoms with van der Waals surface area (Å²) in [6.07, 6.45) is 9.13. The lowest BCUT2D eigenvalue weighted by molar-refractivity contribution is -0.121. The molecule has 0 aromatic heterocycles. The molecule has 0 radical (unpaired) electrons. The third-order valence-corrected chi connectivity index (χ3v) is 7.97. The van der Waals surface area contributed by atoms with E-state index >= 15 is 0 Å². The van der Waals surface area contributed by atoms with Crippen LogP contribution in [0.2, 0.25) is 0 Å². The second-order valence-corrected chi connectivity index (χ2v) is 9.88. The van der Waals surface area contributed by atoms with Gasteiger partial charge in [-0.25, -0.2) is 12.7 Å². The van der Waals surface area contributed by atoms with Gasteiger partial charge in [0.1, 0.15) is 6.04 Å². The van der Waals surface area contributed by atoms with Gasteiger partial charge in [-0.3, -0.25) is 14.8 Å². The SMILES string of the molecule is CCS(=O)(=O)N1CCC2(C=C2CNC(=O)C2CC3=CCN=CCC3=N2)CC1. The average Bonchev–Trinajstić information content (AvgIpc) is 3.26. The second kappa shape index (κ2) is 6.98. The van der Waals surface area contributed by atoms with Crippen LogP contribution in [0.4, 0.5) is 0 Å². The summed E-state index contributed by atoms with van der Waals surface area (Å²) in [6.45, 7) is 4.03. The highest BCUT2D eigenvalue weighted by Gasteiger charge is 2.47. The molecule has 0 aromatic carbocycles. The Hall–Kier alpha value is -1.80. The number of allylic oxidation sites excluding steroid dienone is 1. The summed E-state index contributed by atoms with van der Waals surface area (Å²) in [5.41, 5.74) is 3.40. The van der Waals surface area contributed by atoms with E-state index < -0.39 is 10.0 Å². The van der Waals surface area contributed by atoms with Gasteiger partial charge < -0.3 is 5.32 Å². The third kappa shape index (κ3) is 3.65. The number of hydrogen-bond acceptors (Lipinski definition) is 5. The monoisotopic (exact) mass is 390 g/mol. The van der Waals surface area contributed by atoms with Crippen molar-refractivity contribution in [3.63, 3.8) is 0 Å². The van der Waals surface area contributed by atoms with Crippen molar-refractivity contribution in [2.45, 2.75) is 38.6 Å². The van der Waals surface area contributed by atoms with Crippen LogP contribution in [-0.4, -0.2) is 68.5 Å². The fourth-order valence-corrected chi connectivity index (χ4v) is 5.31. The molecule has 1 saturated heterocycles. The van der Waals surface area contributed by atoms with Crippen LogP contribution in [0.5, 0.6) is 0 Å². The lowest BCUT2D eigenvalue weighted by atomic mass is 9.89. The van der Waals surface area contributed by atoms with Crippen molar-refractivity contribution >= 4 is 27.9 Å². The van der Waals surface area contributed by atoms with Gasteiger partial charge in [-0.1, -0.05) is 12.2 Å². The van der Waals surface area contributed by atoms with Gasteiger partial charge in [0.2, 0.25) is 15.9 Å². The first-order valence-electron chi connectivity index (χ1n) is 9.66. The van der Waals surface area contributed by atoms with Crippen molar-refractivity contribution < 1.29 is 13.2 Å². The molecule has 3 aliphatic heterocycles. The molecule has 1 spiro atoms. The van der Waals surface area contributed by atoms with Gasteiger partial charge in [0, 0.05) is 49.8 Å². The number of hydrogen-bond donors (Lipinski definition) is 1. The molecule has 0 aromatic rings. The standard InChI is InChI=1S/C19H26N4O3S/c1-2-27(25,26)23-9-5-19(6-10-23)12-15(19)13-21-18(24)17-11-14-3-7-20-8-4-16(14)22-17/h3,8,12,17H,2,4-7,9-11,13H2,1H3,(H,21,24). The van der Waals surface area contributed by atoms with E-state index in [0.717, 1.165) is 24.1 Å². The topological polar surface area (TPSA) is 91.2 Å². The number of nitrogens with zero attached hydrogens (tertiary/aromatic N) is 3. The number of carbonyl (C=O) groups excluding carboxylic acids is 1. The smallest absolute Gasteiger partial charge is 0.245 e. The molecule has 0 saturated carbocycles. The largest absolute Gasteiger partial charge is 0.350 e. The highest BCUT2D eigenvalue weighted by Crippen LogP contribution is 2.52. The highest BCUT2D eigenvalue weighted by atomic mass is 32.2. The van der Waals surface area contributed by atoms with Crippen LogP contribution < -0.4 is 5.32 Å². The summed E-state index contributed by atoms with van der Waals surface area (Å²) in [5.74, 6) is 0.130. The zero-order valence-corrected chi connectivity index (χ0v) is 16.5. The van der Waals surface area contributed by atoms with Crippen molar-refractivity contribution in [2.75, 3.05) is 31.9 Å². The van der Waals surface area contributed by atoms with E-state index in [0.29, 0.717) is 39.0 Å². The molecule has 1 amide bonds. The molecule has 3 heterocycles. The molecular formula is C19H26N4O3S. The van der Waals surface area contributed by atoms with E-state index in [1.54, 1.807) is 11.2 Å². The zero-order valence-electron chi connectivity index (χ0n) is 15.6. The van der Waals surface area contributed by atoms with Gasteiger partial charge in [0.05, 0.1) is 12.3 Å². The van der Waals surface area contributed by atoms with Gasteiger partial charge >= 0.3 is 0 Å². The number of sulfonamides is 1. The Morgan fingerprint density at radius 1 is 1.37 bits per heavy atom. The van der Waals surface area contributed by atoms with Gasteiger partial charge in [-0.15, -0.1) is 0 Å². The molecule has 1 N–H and O–H groups in total. The third-order valence-electron chi connectivity index (χ3n) is 6.09. The summed E-state index contributed by atoms with van der Waals surface area (Å²) in [7, 11) is -3.10. The molecule has 8 heteroatoms. The van der Waals surface area contributed by atoms with E-state index in [1.165, 1.54) is 5.57 Å². The fourth-order valence-electron chi connectivity index (χ4n) is 4.20. The lowest BCUT2D eigenvalue weighted by Gasteiger charge is -2.32. The van der Waals surface area contributed by atoms with E-state index in [9.17, 15) is 13.2 Å². The predicted molar refractivity (Wildman–Crippen MR) is 106 cm³/mol. The van der Waals surface area contributed by atoms with Gasteiger partial charge in [0.15, 0.2) is 0 Å². The summed E-state index contributed by atoms with van der Waals surface area (Å²) in [6, 6.07) is -0.329. The predicted octanol–water partition coefficient (Wildman–Crippen LogP) is 1.09. The number of nitrogens with one attached hydrogen (secondary N) is 1. The van der Waals surface area contributed by atoms with Crippen molar-refractivity contribution in [1.82, 2.24) is 9.62 Å². The summed E-state index contributed by atoms with van der Waals surface area (Å²) in [5, 5.41) is 3.03. The maximum atomic E-state index is 12.5. The van der Waals surface area contributed by atoms with Crippen LogP contribution in [0.1, 0.15) is 32.6 Å². The number of carbonyl (C=O) groups is 1. The molecule has 1 aliphatic carbocycles. The normalized spacial score (nSPS) is 26.7. The molecule has 7 nitrogen and oxygen atoms in total. The van der Waals surface area contributed by atoms with E-state index in [1.807, 2.05) is 6.21 Å². The quantitative estimate of drug-likeness (QED) is 0.713. The Morgan fingerprint density at radius 3 is 2.89 bits per heavy atom. The van der Waals surface area contributed by atoms with Crippen molar-refractivity contribution in [3.05, 3.63) is 23.3 Å². The van der Waals surface area contributed by atoms with Gasteiger partial charge in [0.25, 0.3) is 0 Å². The minimum absolute atomic E-state index is 0.0256.